The topological polar surface area (TPSA) is 192 Å². The molecule has 1 fully saturated rings. The molecule has 6 atom stereocenters. The van der Waals surface area contributed by atoms with Gasteiger partial charge in [0.05, 0.1) is 13.2 Å². The van der Waals surface area contributed by atoms with Crippen LogP contribution in [0.4, 0.5) is 0 Å². The number of allylic oxidation sites excluding steroid dienone is 2. The first kappa shape index (κ1) is 49.1. The summed E-state index contributed by atoms with van der Waals surface area (Å²) in [6, 6.07) is 0. The van der Waals surface area contributed by atoms with Gasteiger partial charge in [0.25, 0.3) is 0 Å². The zero-order valence-corrected chi connectivity index (χ0v) is 33.3. The monoisotopic (exact) mass is 766 g/mol. The normalized spacial score (nSPS) is 23.9. The largest absolute Gasteiger partial charge is 0.472 e. The predicted molar refractivity (Wildman–Crippen MR) is 203 cm³/mol. The molecule has 1 saturated carbocycles. The summed E-state index contributed by atoms with van der Waals surface area (Å²) in [5, 5.41) is 50.0. The molecule has 1 rings (SSSR count). The molecule has 12 nitrogen and oxygen atoms in total. The molecule has 0 aliphatic heterocycles. The highest BCUT2D eigenvalue weighted by molar-refractivity contribution is 7.47. The Balaban J connectivity index is 2.46. The molecule has 13 heteroatoms. The number of unbranched alkanes of at least 4 members (excludes halogenated alkanes) is 20. The number of aliphatic hydroxyl groups excluding tert-OH is 5. The minimum Gasteiger partial charge on any atom is -0.457 e. The molecule has 6 unspecified atom stereocenters. The molecule has 52 heavy (non-hydrogen) atoms. The van der Waals surface area contributed by atoms with E-state index < -0.39 is 63.1 Å². The number of aliphatic hydroxyl groups is 5. The van der Waals surface area contributed by atoms with Crippen LogP contribution in [-0.2, 0) is 27.9 Å². The smallest absolute Gasteiger partial charge is 0.457 e. The van der Waals surface area contributed by atoms with Crippen LogP contribution < -0.4 is 0 Å². The third kappa shape index (κ3) is 23.8. The molecule has 0 bridgehead atoms. The van der Waals surface area contributed by atoms with Gasteiger partial charge >= 0.3 is 13.8 Å². The van der Waals surface area contributed by atoms with Crippen molar-refractivity contribution < 1.29 is 58.3 Å². The Morgan fingerprint density at radius 2 is 1.02 bits per heavy atom. The van der Waals surface area contributed by atoms with Gasteiger partial charge in [0.1, 0.15) is 42.7 Å². The van der Waals surface area contributed by atoms with Crippen molar-refractivity contribution in [1.82, 2.24) is 0 Å². The van der Waals surface area contributed by atoms with Gasteiger partial charge in [-0.3, -0.25) is 13.8 Å². The highest BCUT2D eigenvalue weighted by atomic mass is 31.2. The number of hydrogen-bond acceptors (Lipinski definition) is 11. The van der Waals surface area contributed by atoms with Crippen LogP contribution in [0.3, 0.4) is 0 Å². The van der Waals surface area contributed by atoms with E-state index in [2.05, 4.69) is 26.0 Å². The predicted octanol–water partition coefficient (Wildman–Crippen LogP) is 7.19. The Hall–Kier alpha value is -0.920. The van der Waals surface area contributed by atoms with E-state index in [1.807, 2.05) is 0 Å². The maximum Gasteiger partial charge on any atom is 0.472 e. The van der Waals surface area contributed by atoms with Crippen molar-refractivity contribution >= 4 is 13.8 Å². The van der Waals surface area contributed by atoms with E-state index in [1.54, 1.807) is 0 Å². The lowest BCUT2D eigenvalue weighted by Gasteiger charge is -2.41. The highest BCUT2D eigenvalue weighted by Crippen LogP contribution is 2.47. The van der Waals surface area contributed by atoms with Crippen molar-refractivity contribution in [2.45, 2.75) is 211 Å². The van der Waals surface area contributed by atoms with Crippen molar-refractivity contribution in [3.63, 3.8) is 0 Å². The molecule has 0 spiro atoms. The Morgan fingerprint density at radius 3 is 1.54 bits per heavy atom. The van der Waals surface area contributed by atoms with E-state index >= 15 is 0 Å². The van der Waals surface area contributed by atoms with Crippen LogP contribution in [0.2, 0.25) is 0 Å². The summed E-state index contributed by atoms with van der Waals surface area (Å²) < 4.78 is 34.0. The molecule has 1 aliphatic rings. The first-order chi connectivity index (χ1) is 25.0. The molecule has 0 aromatic rings. The molecule has 0 saturated heterocycles. The van der Waals surface area contributed by atoms with Gasteiger partial charge in [0.2, 0.25) is 0 Å². The van der Waals surface area contributed by atoms with Gasteiger partial charge in [0, 0.05) is 13.0 Å². The van der Waals surface area contributed by atoms with Crippen molar-refractivity contribution in [2.24, 2.45) is 0 Å². The molecular formula is C39H75O12P. The lowest BCUT2D eigenvalue weighted by Crippen LogP contribution is -2.64. The molecule has 1 aliphatic carbocycles. The summed E-state index contributed by atoms with van der Waals surface area (Å²) in [7, 11) is -5.01. The molecule has 0 amide bonds. The average Bonchev–Trinajstić information content (AvgIpc) is 3.12. The SMILES string of the molecule is CCCCCC/C=C\CCCCCCCC(=O)OC(COCCCCCCCCCCCCCC)COP(=O)(O)OC1C(O)C(O)C(O)C(O)C1O. The van der Waals surface area contributed by atoms with Crippen molar-refractivity contribution in [2.75, 3.05) is 19.8 Å². The number of ether oxygens (including phenoxy) is 2. The number of phosphoric acid groups is 1. The number of carbonyl (C=O) groups excluding carboxylic acids is 1. The van der Waals surface area contributed by atoms with Crippen molar-refractivity contribution in [3.8, 4) is 0 Å². The van der Waals surface area contributed by atoms with Crippen LogP contribution in [0.15, 0.2) is 12.2 Å². The standard InChI is InChI=1S/C39H75O12P/c1-3-5-7-9-11-13-15-17-18-20-22-24-26-28-33(40)50-32(30-48-29-27-25-23-21-19-16-14-12-10-8-6-4-2)31-49-52(46,47)51-39-37(44)35(42)34(41)36(43)38(39)45/h13,15,32,34-39,41-45H,3-12,14,16-31H2,1-2H3,(H,46,47)/b15-13-. The lowest BCUT2D eigenvalue weighted by molar-refractivity contribution is -0.220. The minimum atomic E-state index is -5.01. The first-order valence-electron chi connectivity index (χ1n) is 20.5. The summed E-state index contributed by atoms with van der Waals surface area (Å²) in [5.41, 5.74) is 0. The maximum absolute atomic E-state index is 12.7. The third-order valence-corrected chi connectivity index (χ3v) is 10.6. The Kier molecular flexibility index (Phi) is 29.6. The van der Waals surface area contributed by atoms with E-state index in [0.717, 1.165) is 57.8 Å². The van der Waals surface area contributed by atoms with Crippen LogP contribution in [0.5, 0.6) is 0 Å². The summed E-state index contributed by atoms with van der Waals surface area (Å²) in [4.78, 5) is 23.0. The van der Waals surface area contributed by atoms with E-state index in [-0.39, 0.29) is 13.0 Å². The van der Waals surface area contributed by atoms with Gasteiger partial charge in [-0.05, 0) is 38.5 Å². The second kappa shape index (κ2) is 31.3. The van der Waals surface area contributed by atoms with E-state index in [4.69, 9.17) is 18.5 Å². The fraction of sp³-hybridized carbons (Fsp3) is 0.923. The van der Waals surface area contributed by atoms with Gasteiger partial charge in [-0.25, -0.2) is 4.57 Å². The number of hydrogen-bond donors (Lipinski definition) is 6. The van der Waals surface area contributed by atoms with Gasteiger partial charge < -0.3 is 39.9 Å². The van der Waals surface area contributed by atoms with Crippen molar-refractivity contribution in [1.29, 1.82) is 0 Å². The second-order valence-electron chi connectivity index (χ2n) is 14.5. The van der Waals surface area contributed by atoms with Crippen LogP contribution >= 0.6 is 7.82 Å². The summed E-state index contributed by atoms with van der Waals surface area (Å²) >= 11 is 0. The van der Waals surface area contributed by atoms with Crippen molar-refractivity contribution in [3.05, 3.63) is 12.2 Å². The van der Waals surface area contributed by atoms with Crippen LogP contribution in [0, 0.1) is 0 Å². The maximum atomic E-state index is 12.7. The van der Waals surface area contributed by atoms with Gasteiger partial charge in [-0.1, -0.05) is 135 Å². The fourth-order valence-corrected chi connectivity index (χ4v) is 7.26. The molecule has 308 valence electrons. The quantitative estimate of drug-likeness (QED) is 0.0167. The number of esters is 1. The average molecular weight is 767 g/mol. The second-order valence-corrected chi connectivity index (χ2v) is 15.9. The van der Waals surface area contributed by atoms with E-state index in [9.17, 15) is 39.8 Å². The van der Waals surface area contributed by atoms with Crippen LogP contribution in [-0.4, -0.2) is 98.9 Å². The highest BCUT2D eigenvalue weighted by Gasteiger charge is 2.51. The van der Waals surface area contributed by atoms with Gasteiger partial charge in [-0.2, -0.15) is 0 Å². The van der Waals surface area contributed by atoms with Gasteiger partial charge in [-0.15, -0.1) is 0 Å². The summed E-state index contributed by atoms with van der Waals surface area (Å²) in [6.45, 7) is 4.22. The molecule has 0 radical (unpaired) electrons. The number of rotatable bonds is 34. The van der Waals surface area contributed by atoms with E-state index in [0.29, 0.717) is 13.0 Å². The van der Waals surface area contributed by atoms with Crippen LogP contribution in [0.25, 0.3) is 0 Å². The molecule has 0 aromatic carbocycles. The Morgan fingerprint density at radius 1 is 0.596 bits per heavy atom. The van der Waals surface area contributed by atoms with Crippen LogP contribution in [0.1, 0.15) is 168 Å². The number of carbonyl (C=O) groups is 1. The third-order valence-electron chi connectivity index (χ3n) is 9.64. The molecule has 6 N–H and O–H groups in total. The number of phosphoric ester groups is 1. The molecule has 0 heterocycles. The molecule has 0 aromatic heterocycles. The zero-order chi connectivity index (χ0) is 38.5. The zero-order valence-electron chi connectivity index (χ0n) is 32.4. The fourth-order valence-electron chi connectivity index (χ4n) is 6.29. The van der Waals surface area contributed by atoms with E-state index in [1.165, 1.54) is 83.5 Å². The first-order valence-corrected chi connectivity index (χ1v) is 22.0. The summed E-state index contributed by atoms with van der Waals surface area (Å²) in [6.07, 6.45) is 18.6. The Bertz CT molecular complexity index is 921. The summed E-state index contributed by atoms with van der Waals surface area (Å²) in [5.74, 6) is -0.486. The lowest BCUT2D eigenvalue weighted by atomic mass is 9.85. The van der Waals surface area contributed by atoms with Gasteiger partial charge in [0.15, 0.2) is 0 Å². The Labute approximate surface area is 314 Å². The molecular weight excluding hydrogens is 691 g/mol. The minimum absolute atomic E-state index is 0.0752.